The number of nitrogens with zero attached hydrogens (tertiary/aromatic N) is 2. The Morgan fingerprint density at radius 2 is 2.15 bits per heavy atom. The van der Waals surface area contributed by atoms with Crippen LogP contribution >= 0.6 is 15.9 Å². The molecular weight excluding hydrogens is 324 g/mol. The fourth-order valence-corrected chi connectivity index (χ4v) is 2.60. The van der Waals surface area contributed by atoms with Gasteiger partial charge in [0.2, 0.25) is 0 Å². The van der Waals surface area contributed by atoms with Crippen molar-refractivity contribution in [2.45, 2.75) is 25.7 Å². The first-order valence-electron chi connectivity index (χ1n) is 6.62. The molecule has 6 heteroatoms. The number of ether oxygens (including phenoxy) is 2. The van der Waals surface area contributed by atoms with Gasteiger partial charge in [-0.3, -0.25) is 9.36 Å². The van der Waals surface area contributed by atoms with Crippen LogP contribution in [0, 0.1) is 0 Å². The Morgan fingerprint density at radius 3 is 2.95 bits per heavy atom. The van der Waals surface area contributed by atoms with E-state index < -0.39 is 0 Å². The number of aromatic nitrogens is 2. The molecule has 1 aliphatic rings. The highest BCUT2D eigenvalue weighted by atomic mass is 79.9. The number of benzene rings is 1. The molecule has 3 rings (SSSR count). The van der Waals surface area contributed by atoms with Crippen LogP contribution in [0.4, 0.5) is 0 Å². The highest BCUT2D eigenvalue weighted by Gasteiger charge is 2.14. The molecule has 2 heterocycles. The molecule has 1 aromatic carbocycles. The average molecular weight is 339 g/mol. The summed E-state index contributed by atoms with van der Waals surface area (Å²) in [5, 5.41) is 0.618. The van der Waals surface area contributed by atoms with E-state index in [4.69, 9.17) is 9.47 Å². The van der Waals surface area contributed by atoms with Crippen molar-refractivity contribution in [3.8, 4) is 0 Å². The van der Waals surface area contributed by atoms with Gasteiger partial charge in [0.1, 0.15) is 0 Å². The monoisotopic (exact) mass is 338 g/mol. The standard InChI is InChI=1S/C14H15BrN2O3/c15-10-2-3-12-11(8-10)14(18)17(9-16-12)5-4-13-19-6-1-7-20-13/h2-3,8-9,13H,1,4-7H2. The van der Waals surface area contributed by atoms with Gasteiger partial charge < -0.3 is 9.47 Å². The van der Waals surface area contributed by atoms with Gasteiger partial charge in [-0.25, -0.2) is 4.98 Å². The van der Waals surface area contributed by atoms with Crippen LogP contribution in [0.15, 0.2) is 33.8 Å². The summed E-state index contributed by atoms with van der Waals surface area (Å²) in [6, 6.07) is 5.51. The topological polar surface area (TPSA) is 53.4 Å². The molecule has 0 bridgehead atoms. The van der Waals surface area contributed by atoms with Crippen LogP contribution in [0.25, 0.3) is 10.9 Å². The lowest BCUT2D eigenvalue weighted by Gasteiger charge is -2.23. The van der Waals surface area contributed by atoms with Crippen molar-refractivity contribution in [2.24, 2.45) is 0 Å². The van der Waals surface area contributed by atoms with Gasteiger partial charge in [0.15, 0.2) is 6.29 Å². The number of aryl methyl sites for hydroxylation is 1. The van der Waals surface area contributed by atoms with E-state index in [1.165, 1.54) is 0 Å². The Balaban J connectivity index is 1.81. The summed E-state index contributed by atoms with van der Waals surface area (Å²) in [6.45, 7) is 1.99. The molecule has 0 saturated carbocycles. The fourth-order valence-electron chi connectivity index (χ4n) is 2.24. The Bertz CT molecular complexity index is 665. The molecule has 106 valence electrons. The van der Waals surface area contributed by atoms with E-state index in [1.807, 2.05) is 12.1 Å². The zero-order valence-electron chi connectivity index (χ0n) is 10.9. The molecule has 1 fully saturated rings. The molecule has 0 amide bonds. The Kier molecular flexibility index (Phi) is 4.14. The maximum absolute atomic E-state index is 12.4. The maximum Gasteiger partial charge on any atom is 0.261 e. The lowest BCUT2D eigenvalue weighted by Crippen LogP contribution is -2.28. The molecular formula is C14H15BrN2O3. The summed E-state index contributed by atoms with van der Waals surface area (Å²) in [4.78, 5) is 16.7. The van der Waals surface area contributed by atoms with Crippen LogP contribution < -0.4 is 5.56 Å². The summed E-state index contributed by atoms with van der Waals surface area (Å²) in [6.07, 6.45) is 2.96. The largest absolute Gasteiger partial charge is 0.353 e. The van der Waals surface area contributed by atoms with Gasteiger partial charge in [0, 0.05) is 17.4 Å². The average Bonchev–Trinajstić information content (AvgIpc) is 2.48. The minimum absolute atomic E-state index is 0.0351. The first-order chi connectivity index (χ1) is 9.74. The summed E-state index contributed by atoms with van der Waals surface area (Å²) in [7, 11) is 0. The van der Waals surface area contributed by atoms with Crippen molar-refractivity contribution in [3.63, 3.8) is 0 Å². The van der Waals surface area contributed by atoms with Gasteiger partial charge >= 0.3 is 0 Å². The van der Waals surface area contributed by atoms with E-state index in [2.05, 4.69) is 20.9 Å². The van der Waals surface area contributed by atoms with E-state index >= 15 is 0 Å². The Morgan fingerprint density at radius 1 is 1.35 bits per heavy atom. The minimum Gasteiger partial charge on any atom is -0.353 e. The van der Waals surface area contributed by atoms with Crippen LogP contribution in [-0.2, 0) is 16.0 Å². The predicted molar refractivity (Wildman–Crippen MR) is 78.6 cm³/mol. The van der Waals surface area contributed by atoms with Crippen molar-refractivity contribution in [1.82, 2.24) is 9.55 Å². The summed E-state index contributed by atoms with van der Waals surface area (Å²) in [5.74, 6) is 0. The van der Waals surface area contributed by atoms with Crippen molar-refractivity contribution < 1.29 is 9.47 Å². The fraction of sp³-hybridized carbons (Fsp3) is 0.429. The highest BCUT2D eigenvalue weighted by molar-refractivity contribution is 9.10. The molecule has 5 nitrogen and oxygen atoms in total. The molecule has 0 aliphatic carbocycles. The predicted octanol–water partition coefficient (Wildman–Crippen LogP) is 2.31. The van der Waals surface area contributed by atoms with Crippen LogP contribution in [-0.4, -0.2) is 29.1 Å². The zero-order chi connectivity index (χ0) is 13.9. The van der Waals surface area contributed by atoms with E-state index in [0.717, 1.165) is 24.1 Å². The lowest BCUT2D eigenvalue weighted by molar-refractivity contribution is -0.182. The zero-order valence-corrected chi connectivity index (χ0v) is 12.5. The van der Waals surface area contributed by atoms with Gasteiger partial charge in [0.05, 0.1) is 30.4 Å². The van der Waals surface area contributed by atoms with Crippen LogP contribution in [0.3, 0.4) is 0 Å². The molecule has 0 atom stereocenters. The number of hydrogen-bond donors (Lipinski definition) is 0. The Labute approximate surface area is 124 Å². The SMILES string of the molecule is O=c1c2cc(Br)ccc2ncn1CCC1OCCCO1. The van der Waals surface area contributed by atoms with E-state index in [1.54, 1.807) is 17.0 Å². The second kappa shape index (κ2) is 6.03. The quantitative estimate of drug-likeness (QED) is 0.861. The molecule has 0 N–H and O–H groups in total. The molecule has 2 aromatic rings. The van der Waals surface area contributed by atoms with Crippen LogP contribution in [0.2, 0.25) is 0 Å². The number of hydrogen-bond acceptors (Lipinski definition) is 4. The number of halogens is 1. The smallest absolute Gasteiger partial charge is 0.261 e. The third-order valence-electron chi connectivity index (χ3n) is 3.29. The van der Waals surface area contributed by atoms with Gasteiger partial charge in [-0.05, 0) is 24.6 Å². The molecule has 0 spiro atoms. The van der Waals surface area contributed by atoms with Crippen LogP contribution in [0.5, 0.6) is 0 Å². The molecule has 0 unspecified atom stereocenters. The second-order valence-corrected chi connectivity index (χ2v) is 5.63. The van der Waals surface area contributed by atoms with E-state index in [9.17, 15) is 4.79 Å². The van der Waals surface area contributed by atoms with Gasteiger partial charge in [-0.15, -0.1) is 0 Å². The summed E-state index contributed by atoms with van der Waals surface area (Å²) in [5.41, 5.74) is 0.673. The highest BCUT2D eigenvalue weighted by Crippen LogP contribution is 2.15. The molecule has 20 heavy (non-hydrogen) atoms. The van der Waals surface area contributed by atoms with E-state index in [-0.39, 0.29) is 11.8 Å². The number of fused-ring (bicyclic) bond motifs is 1. The van der Waals surface area contributed by atoms with Crippen molar-refractivity contribution in [1.29, 1.82) is 0 Å². The first-order valence-corrected chi connectivity index (χ1v) is 7.41. The molecule has 1 aromatic heterocycles. The molecule has 1 aliphatic heterocycles. The van der Waals surface area contributed by atoms with Crippen molar-refractivity contribution in [2.75, 3.05) is 13.2 Å². The third-order valence-corrected chi connectivity index (χ3v) is 3.78. The first kappa shape index (κ1) is 13.7. The minimum atomic E-state index is -0.214. The number of rotatable bonds is 3. The maximum atomic E-state index is 12.4. The van der Waals surface area contributed by atoms with Gasteiger partial charge in [-0.1, -0.05) is 15.9 Å². The summed E-state index contributed by atoms with van der Waals surface area (Å²) < 4.78 is 13.4. The molecule has 1 saturated heterocycles. The lowest BCUT2D eigenvalue weighted by atomic mass is 10.2. The van der Waals surface area contributed by atoms with Gasteiger partial charge in [-0.2, -0.15) is 0 Å². The normalized spacial score (nSPS) is 16.6. The van der Waals surface area contributed by atoms with E-state index in [0.29, 0.717) is 23.9 Å². The van der Waals surface area contributed by atoms with Gasteiger partial charge in [0.25, 0.3) is 5.56 Å². The third kappa shape index (κ3) is 2.92. The summed E-state index contributed by atoms with van der Waals surface area (Å²) >= 11 is 3.38. The van der Waals surface area contributed by atoms with Crippen molar-refractivity contribution >= 4 is 26.8 Å². The van der Waals surface area contributed by atoms with Crippen LogP contribution in [0.1, 0.15) is 12.8 Å². The Hall–Kier alpha value is -1.24. The van der Waals surface area contributed by atoms with Crippen molar-refractivity contribution in [3.05, 3.63) is 39.4 Å². The second-order valence-electron chi connectivity index (χ2n) is 4.72. The molecule has 0 radical (unpaired) electrons.